The Morgan fingerprint density at radius 1 is 1.15 bits per heavy atom. The summed E-state index contributed by atoms with van der Waals surface area (Å²) >= 11 is 0. The van der Waals surface area contributed by atoms with E-state index >= 15 is 0 Å². The Labute approximate surface area is 77.8 Å². The first kappa shape index (κ1) is 9.40. The fourth-order valence-corrected chi connectivity index (χ4v) is 1.81. The summed E-state index contributed by atoms with van der Waals surface area (Å²) in [6, 6.07) is 0. The van der Waals surface area contributed by atoms with Gasteiger partial charge in [-0.25, -0.2) is 0 Å². The lowest BCUT2D eigenvalue weighted by Crippen LogP contribution is -2.56. The van der Waals surface area contributed by atoms with Gasteiger partial charge in [0.15, 0.2) is 6.29 Å². The summed E-state index contributed by atoms with van der Waals surface area (Å²) in [5.74, 6) is 0.145. The molecule has 0 aromatic rings. The van der Waals surface area contributed by atoms with Crippen LogP contribution >= 0.6 is 0 Å². The number of fused-ring (bicyclic) bond motifs is 1. The molecule has 0 aliphatic carbocycles. The maximum absolute atomic E-state index is 9.83. The first-order chi connectivity index (χ1) is 6.18. The van der Waals surface area contributed by atoms with E-state index in [-0.39, 0.29) is 24.4 Å². The standard InChI is InChI=1S/C9H16O4/c1-5-3-12-7-4-11-6(2)13-9(7)8(5)10/h5-10H,3-4H2,1-2H3/t5?,6?,7?,8-,9+/m1/s1. The van der Waals surface area contributed by atoms with E-state index in [9.17, 15) is 5.11 Å². The minimum absolute atomic E-state index is 0.0950. The average molecular weight is 188 g/mol. The zero-order valence-corrected chi connectivity index (χ0v) is 7.97. The van der Waals surface area contributed by atoms with Crippen LogP contribution in [0.15, 0.2) is 0 Å². The normalized spacial score (nSPS) is 51.5. The Balaban J connectivity index is 2.04. The van der Waals surface area contributed by atoms with Crippen LogP contribution in [0.4, 0.5) is 0 Å². The number of hydrogen-bond acceptors (Lipinski definition) is 4. The topological polar surface area (TPSA) is 47.9 Å². The van der Waals surface area contributed by atoms with E-state index in [0.717, 1.165) is 0 Å². The van der Waals surface area contributed by atoms with Crippen molar-refractivity contribution in [2.75, 3.05) is 13.2 Å². The van der Waals surface area contributed by atoms with Gasteiger partial charge < -0.3 is 19.3 Å². The Kier molecular flexibility index (Phi) is 2.55. The molecule has 13 heavy (non-hydrogen) atoms. The predicted molar refractivity (Wildman–Crippen MR) is 45.2 cm³/mol. The summed E-state index contributed by atoms with van der Waals surface area (Å²) in [5.41, 5.74) is 0. The second-order valence-electron chi connectivity index (χ2n) is 3.84. The summed E-state index contributed by atoms with van der Waals surface area (Å²) in [6.45, 7) is 4.91. The smallest absolute Gasteiger partial charge is 0.155 e. The minimum Gasteiger partial charge on any atom is -0.390 e. The van der Waals surface area contributed by atoms with Crippen LogP contribution < -0.4 is 0 Å². The summed E-state index contributed by atoms with van der Waals surface area (Å²) in [4.78, 5) is 0. The first-order valence-corrected chi connectivity index (χ1v) is 4.75. The lowest BCUT2D eigenvalue weighted by Gasteiger charge is -2.43. The van der Waals surface area contributed by atoms with Gasteiger partial charge in [0, 0.05) is 5.92 Å². The van der Waals surface area contributed by atoms with Gasteiger partial charge in [0.25, 0.3) is 0 Å². The highest BCUT2D eigenvalue weighted by atomic mass is 16.7. The minimum atomic E-state index is -0.426. The van der Waals surface area contributed by atoms with Crippen molar-refractivity contribution in [1.82, 2.24) is 0 Å². The molecular weight excluding hydrogens is 172 g/mol. The molecule has 2 heterocycles. The van der Waals surface area contributed by atoms with Gasteiger partial charge in [-0.3, -0.25) is 0 Å². The molecule has 2 rings (SSSR count). The molecule has 4 nitrogen and oxygen atoms in total. The van der Waals surface area contributed by atoms with Crippen LogP contribution in [-0.2, 0) is 14.2 Å². The third-order valence-corrected chi connectivity index (χ3v) is 2.70. The molecule has 2 fully saturated rings. The summed E-state index contributed by atoms with van der Waals surface area (Å²) < 4.78 is 16.3. The maximum atomic E-state index is 9.83. The van der Waals surface area contributed by atoms with Crippen molar-refractivity contribution in [3.63, 3.8) is 0 Å². The Morgan fingerprint density at radius 3 is 2.69 bits per heavy atom. The highest BCUT2D eigenvalue weighted by molar-refractivity contribution is 4.88. The molecule has 76 valence electrons. The van der Waals surface area contributed by atoms with Gasteiger partial charge in [-0.1, -0.05) is 6.92 Å². The van der Waals surface area contributed by atoms with Crippen molar-refractivity contribution < 1.29 is 19.3 Å². The maximum Gasteiger partial charge on any atom is 0.155 e. The van der Waals surface area contributed by atoms with Gasteiger partial charge in [-0.05, 0) is 6.92 Å². The number of aliphatic hydroxyl groups is 1. The predicted octanol–water partition coefficient (Wildman–Crippen LogP) is 0.144. The summed E-state index contributed by atoms with van der Waals surface area (Å²) in [5, 5.41) is 9.83. The van der Waals surface area contributed by atoms with E-state index in [1.807, 2.05) is 13.8 Å². The fraction of sp³-hybridized carbons (Fsp3) is 1.00. The van der Waals surface area contributed by atoms with Crippen LogP contribution in [0, 0.1) is 5.92 Å². The van der Waals surface area contributed by atoms with E-state index in [1.165, 1.54) is 0 Å². The molecule has 0 spiro atoms. The molecule has 0 bridgehead atoms. The number of rotatable bonds is 0. The van der Waals surface area contributed by atoms with Gasteiger partial charge in [0.1, 0.15) is 12.2 Å². The van der Waals surface area contributed by atoms with Crippen molar-refractivity contribution >= 4 is 0 Å². The second kappa shape index (κ2) is 3.53. The third kappa shape index (κ3) is 1.72. The SMILES string of the molecule is CC1OCC2OCC(C)[C@@H](O)[C@H]2O1. The highest BCUT2D eigenvalue weighted by Gasteiger charge is 2.42. The largest absolute Gasteiger partial charge is 0.390 e. The van der Waals surface area contributed by atoms with Crippen molar-refractivity contribution in [3.05, 3.63) is 0 Å². The Bertz CT molecular complexity index is 180. The van der Waals surface area contributed by atoms with Gasteiger partial charge in [0.2, 0.25) is 0 Å². The Hall–Kier alpha value is -0.160. The first-order valence-electron chi connectivity index (χ1n) is 4.75. The van der Waals surface area contributed by atoms with Crippen molar-refractivity contribution in [2.45, 2.75) is 38.4 Å². The van der Waals surface area contributed by atoms with Crippen LogP contribution in [0.25, 0.3) is 0 Å². The van der Waals surface area contributed by atoms with Crippen molar-refractivity contribution in [3.8, 4) is 0 Å². The Morgan fingerprint density at radius 2 is 1.92 bits per heavy atom. The molecule has 2 aliphatic rings. The van der Waals surface area contributed by atoms with Gasteiger partial charge in [-0.2, -0.15) is 0 Å². The van der Waals surface area contributed by atoms with Crippen LogP contribution in [0.5, 0.6) is 0 Å². The lowest BCUT2D eigenvalue weighted by molar-refractivity contribution is -0.298. The van der Waals surface area contributed by atoms with Crippen LogP contribution in [0.2, 0.25) is 0 Å². The highest BCUT2D eigenvalue weighted by Crippen LogP contribution is 2.27. The quantitative estimate of drug-likeness (QED) is 0.587. The summed E-state index contributed by atoms with van der Waals surface area (Å²) in [6.07, 6.45) is -0.968. The lowest BCUT2D eigenvalue weighted by atomic mass is 9.93. The van der Waals surface area contributed by atoms with Crippen molar-refractivity contribution in [1.29, 1.82) is 0 Å². The average Bonchev–Trinajstić information content (AvgIpc) is 2.12. The third-order valence-electron chi connectivity index (χ3n) is 2.70. The molecule has 3 unspecified atom stereocenters. The van der Waals surface area contributed by atoms with E-state index in [2.05, 4.69) is 0 Å². The van der Waals surface area contributed by atoms with Gasteiger partial charge >= 0.3 is 0 Å². The van der Waals surface area contributed by atoms with Crippen molar-refractivity contribution in [2.24, 2.45) is 5.92 Å². The molecule has 2 aliphatic heterocycles. The summed E-state index contributed by atoms with van der Waals surface area (Å²) in [7, 11) is 0. The van der Waals surface area contributed by atoms with E-state index in [0.29, 0.717) is 13.2 Å². The fourth-order valence-electron chi connectivity index (χ4n) is 1.81. The number of hydrogen-bond donors (Lipinski definition) is 1. The molecule has 0 aromatic carbocycles. The number of aliphatic hydroxyl groups excluding tert-OH is 1. The van der Waals surface area contributed by atoms with Crippen LogP contribution in [-0.4, -0.2) is 42.9 Å². The number of ether oxygens (including phenoxy) is 3. The van der Waals surface area contributed by atoms with Gasteiger partial charge in [-0.15, -0.1) is 0 Å². The molecule has 0 amide bonds. The molecule has 0 radical (unpaired) electrons. The molecule has 0 saturated carbocycles. The monoisotopic (exact) mass is 188 g/mol. The van der Waals surface area contributed by atoms with Crippen LogP contribution in [0.1, 0.15) is 13.8 Å². The molecule has 2 saturated heterocycles. The molecule has 0 aromatic heterocycles. The molecule has 1 N–H and O–H groups in total. The van der Waals surface area contributed by atoms with E-state index in [1.54, 1.807) is 0 Å². The zero-order valence-electron chi connectivity index (χ0n) is 7.97. The van der Waals surface area contributed by atoms with Gasteiger partial charge in [0.05, 0.1) is 19.3 Å². The zero-order chi connectivity index (χ0) is 9.42. The molecular formula is C9H16O4. The molecule has 4 heteroatoms. The van der Waals surface area contributed by atoms with E-state index in [4.69, 9.17) is 14.2 Å². The molecule has 5 atom stereocenters. The van der Waals surface area contributed by atoms with E-state index < -0.39 is 6.10 Å². The van der Waals surface area contributed by atoms with Crippen LogP contribution in [0.3, 0.4) is 0 Å². The second-order valence-corrected chi connectivity index (χ2v) is 3.84.